The molecule has 0 aliphatic carbocycles. The smallest absolute Gasteiger partial charge is 0.356 e. The molecule has 1 aliphatic heterocycles. The molecule has 2 rings (SSSR count). The van der Waals surface area contributed by atoms with Gasteiger partial charge in [-0.15, -0.1) is 0 Å². The Hall–Kier alpha value is -2.39. The molecule has 0 fully saturated rings. The molecule has 0 radical (unpaired) electrons. The molecule has 0 bridgehead atoms. The van der Waals surface area contributed by atoms with E-state index in [1.54, 1.807) is 6.92 Å². The number of rotatable bonds is 9. The van der Waals surface area contributed by atoms with Crippen molar-refractivity contribution in [3.05, 3.63) is 28.5 Å². The first-order chi connectivity index (χ1) is 13.7. The third-order valence-electron chi connectivity index (χ3n) is 4.18. The second-order valence-corrected chi connectivity index (χ2v) is 6.90. The van der Waals surface area contributed by atoms with Crippen molar-refractivity contribution < 1.29 is 33.0 Å². The van der Waals surface area contributed by atoms with E-state index in [0.29, 0.717) is 12.0 Å². The summed E-state index contributed by atoms with van der Waals surface area (Å²) in [5.74, 6) is -1.93. The molecule has 160 valence electrons. The third kappa shape index (κ3) is 5.36. The molecule has 2 atom stereocenters. The Balaban J connectivity index is 2.22. The summed E-state index contributed by atoms with van der Waals surface area (Å²) < 4.78 is 29.2. The summed E-state index contributed by atoms with van der Waals surface area (Å²) >= 11 is 6.10. The lowest BCUT2D eigenvalue weighted by Crippen LogP contribution is -2.46. The van der Waals surface area contributed by atoms with Crippen LogP contribution < -0.4 is 5.73 Å². The average Bonchev–Trinajstić information content (AvgIpc) is 3.12. The van der Waals surface area contributed by atoms with Crippen LogP contribution in [0.4, 0.5) is 10.1 Å². The van der Waals surface area contributed by atoms with Crippen LogP contribution in [0.25, 0.3) is 0 Å². The van der Waals surface area contributed by atoms with Gasteiger partial charge in [0.15, 0.2) is 6.10 Å². The predicted octanol–water partition coefficient (Wildman–Crippen LogP) is 2.85. The van der Waals surface area contributed by atoms with Gasteiger partial charge in [-0.2, -0.15) is 0 Å². The second-order valence-electron chi connectivity index (χ2n) is 6.50. The Bertz CT molecular complexity index is 803. The molecule has 0 aromatic heterocycles. The van der Waals surface area contributed by atoms with Crippen molar-refractivity contribution in [3.63, 3.8) is 0 Å². The van der Waals surface area contributed by atoms with Gasteiger partial charge in [0.1, 0.15) is 12.4 Å². The van der Waals surface area contributed by atoms with Crippen LogP contribution in [0.15, 0.2) is 17.3 Å². The van der Waals surface area contributed by atoms with E-state index in [-0.39, 0.29) is 42.7 Å². The fourth-order valence-corrected chi connectivity index (χ4v) is 2.83. The zero-order valence-electron chi connectivity index (χ0n) is 16.5. The van der Waals surface area contributed by atoms with Gasteiger partial charge in [0.05, 0.1) is 29.6 Å². The maximum atomic E-state index is 13.6. The number of nitrogens with two attached hydrogens (primary N) is 1. The van der Waals surface area contributed by atoms with Gasteiger partial charge >= 0.3 is 11.9 Å². The van der Waals surface area contributed by atoms with E-state index < -0.39 is 29.5 Å². The molecule has 0 amide bonds. The summed E-state index contributed by atoms with van der Waals surface area (Å²) in [6.07, 6.45) is -0.380. The summed E-state index contributed by atoms with van der Waals surface area (Å²) in [6.45, 7) is 5.08. The van der Waals surface area contributed by atoms with Crippen LogP contribution in [-0.4, -0.2) is 49.2 Å². The average molecular weight is 431 g/mol. The Morgan fingerprint density at radius 3 is 2.76 bits per heavy atom. The summed E-state index contributed by atoms with van der Waals surface area (Å²) in [5, 5.41) is 4.00. The third-order valence-corrected chi connectivity index (χ3v) is 4.49. The maximum absolute atomic E-state index is 13.6. The van der Waals surface area contributed by atoms with Gasteiger partial charge in [-0.3, -0.25) is 0 Å². The predicted molar refractivity (Wildman–Crippen MR) is 104 cm³/mol. The van der Waals surface area contributed by atoms with E-state index in [1.165, 1.54) is 13.0 Å². The highest BCUT2D eigenvalue weighted by Crippen LogP contribution is 2.33. The molecule has 0 saturated carbocycles. The number of anilines is 1. The minimum atomic E-state index is -1.61. The normalized spacial score (nSPS) is 19.3. The molecular formula is C19H24ClFN2O6. The van der Waals surface area contributed by atoms with Crippen molar-refractivity contribution in [1.29, 1.82) is 0 Å². The second kappa shape index (κ2) is 9.89. The van der Waals surface area contributed by atoms with Gasteiger partial charge in [-0.1, -0.05) is 23.7 Å². The van der Waals surface area contributed by atoms with Crippen molar-refractivity contribution in [1.82, 2.24) is 0 Å². The summed E-state index contributed by atoms with van der Waals surface area (Å²) in [5.41, 5.74) is 4.49. The Morgan fingerprint density at radius 1 is 1.38 bits per heavy atom. The van der Waals surface area contributed by atoms with E-state index in [9.17, 15) is 14.0 Å². The topological polar surface area (TPSA) is 109 Å². The summed E-state index contributed by atoms with van der Waals surface area (Å²) in [6, 6.07) is 2.37. The number of oxime groups is 1. The number of nitrogens with zero attached hydrogens (tertiary/aromatic N) is 1. The standard InChI is InChI=1S/C19H24ClFN2O6/c1-4-6-27-18(25)19(10-28-11(3)17(24)26-5-2)9-16(23-29-19)12-7-15(22)14(21)8-13(12)20/h7-8,11H,4-6,9-10,22H2,1-3H3. The van der Waals surface area contributed by atoms with Crippen LogP contribution >= 0.6 is 11.6 Å². The monoisotopic (exact) mass is 430 g/mol. The van der Waals surface area contributed by atoms with E-state index in [0.717, 1.165) is 6.07 Å². The number of nitrogen functional groups attached to an aromatic ring is 1. The molecule has 2 N–H and O–H groups in total. The Morgan fingerprint density at radius 2 is 2.10 bits per heavy atom. The van der Waals surface area contributed by atoms with Crippen LogP contribution in [-0.2, 0) is 28.6 Å². The van der Waals surface area contributed by atoms with Crippen LogP contribution in [0.5, 0.6) is 0 Å². The SMILES string of the molecule is CCCOC(=O)C1(COC(C)C(=O)OCC)CC(c2cc(N)c(F)cc2Cl)=NO1. The molecular weight excluding hydrogens is 407 g/mol. The summed E-state index contributed by atoms with van der Waals surface area (Å²) in [7, 11) is 0. The lowest BCUT2D eigenvalue weighted by molar-refractivity contribution is -0.184. The van der Waals surface area contributed by atoms with Gasteiger partial charge in [0.25, 0.3) is 5.60 Å². The van der Waals surface area contributed by atoms with Crippen molar-refractivity contribution in [2.24, 2.45) is 5.16 Å². The van der Waals surface area contributed by atoms with E-state index in [2.05, 4.69) is 5.16 Å². The number of hydrogen-bond donors (Lipinski definition) is 1. The highest BCUT2D eigenvalue weighted by atomic mass is 35.5. The lowest BCUT2D eigenvalue weighted by atomic mass is 9.94. The van der Waals surface area contributed by atoms with Crippen molar-refractivity contribution in [2.45, 2.75) is 45.3 Å². The molecule has 0 saturated heterocycles. The number of halogens is 2. The Kier molecular flexibility index (Phi) is 7.80. The van der Waals surface area contributed by atoms with Crippen LogP contribution in [0.3, 0.4) is 0 Å². The summed E-state index contributed by atoms with van der Waals surface area (Å²) in [4.78, 5) is 29.9. The van der Waals surface area contributed by atoms with Crippen LogP contribution in [0.1, 0.15) is 39.2 Å². The zero-order valence-corrected chi connectivity index (χ0v) is 17.3. The molecule has 1 heterocycles. The number of ether oxygens (including phenoxy) is 3. The Labute approximate surface area is 173 Å². The largest absolute Gasteiger partial charge is 0.464 e. The molecule has 1 aliphatic rings. The van der Waals surface area contributed by atoms with E-state index in [4.69, 9.17) is 36.4 Å². The number of esters is 2. The minimum absolute atomic E-state index is 0.0596. The van der Waals surface area contributed by atoms with E-state index >= 15 is 0 Å². The fourth-order valence-electron chi connectivity index (χ4n) is 2.57. The maximum Gasteiger partial charge on any atom is 0.356 e. The van der Waals surface area contributed by atoms with Gasteiger partial charge in [0.2, 0.25) is 0 Å². The van der Waals surface area contributed by atoms with Crippen LogP contribution in [0.2, 0.25) is 5.02 Å². The van der Waals surface area contributed by atoms with E-state index in [1.807, 2.05) is 6.92 Å². The molecule has 10 heteroatoms. The molecule has 1 aromatic rings. The molecule has 0 spiro atoms. The minimum Gasteiger partial charge on any atom is -0.464 e. The molecule has 1 aromatic carbocycles. The van der Waals surface area contributed by atoms with Crippen LogP contribution in [0, 0.1) is 5.82 Å². The van der Waals surface area contributed by atoms with Gasteiger partial charge in [0, 0.05) is 12.0 Å². The number of carbonyl (C=O) groups excluding carboxylic acids is 2. The molecule has 29 heavy (non-hydrogen) atoms. The van der Waals surface area contributed by atoms with Gasteiger partial charge in [-0.25, -0.2) is 14.0 Å². The number of benzene rings is 1. The number of hydrogen-bond acceptors (Lipinski definition) is 8. The first-order valence-corrected chi connectivity index (χ1v) is 9.57. The highest BCUT2D eigenvalue weighted by Gasteiger charge is 2.50. The molecule has 2 unspecified atom stereocenters. The lowest BCUT2D eigenvalue weighted by Gasteiger charge is -2.25. The highest BCUT2D eigenvalue weighted by molar-refractivity contribution is 6.34. The molecule has 8 nitrogen and oxygen atoms in total. The van der Waals surface area contributed by atoms with Crippen molar-refractivity contribution >= 4 is 34.9 Å². The van der Waals surface area contributed by atoms with Gasteiger partial charge < -0.3 is 24.8 Å². The van der Waals surface area contributed by atoms with Crippen molar-refractivity contribution in [2.75, 3.05) is 25.6 Å². The first kappa shape index (κ1) is 22.9. The first-order valence-electron chi connectivity index (χ1n) is 9.19. The van der Waals surface area contributed by atoms with Gasteiger partial charge in [-0.05, 0) is 32.4 Å². The zero-order chi connectivity index (χ0) is 21.6. The number of carbonyl (C=O) groups is 2. The quantitative estimate of drug-likeness (QED) is 0.473. The fraction of sp³-hybridized carbons (Fsp3) is 0.526. The van der Waals surface area contributed by atoms with Crippen molar-refractivity contribution in [3.8, 4) is 0 Å².